The van der Waals surface area contributed by atoms with Gasteiger partial charge in [0.15, 0.2) is 11.0 Å². The van der Waals surface area contributed by atoms with Gasteiger partial charge in [0.1, 0.15) is 0 Å². The summed E-state index contributed by atoms with van der Waals surface area (Å²) in [6, 6.07) is 18.2. The van der Waals surface area contributed by atoms with Crippen molar-refractivity contribution in [3.8, 4) is 5.69 Å². The zero-order valence-corrected chi connectivity index (χ0v) is 18.5. The molecule has 0 aliphatic heterocycles. The summed E-state index contributed by atoms with van der Waals surface area (Å²) in [5.74, 6) is 0.783. The van der Waals surface area contributed by atoms with E-state index in [-0.39, 0.29) is 31.3 Å². The molecule has 0 saturated carbocycles. The van der Waals surface area contributed by atoms with Gasteiger partial charge in [0, 0.05) is 17.9 Å². The zero-order valence-electron chi connectivity index (χ0n) is 17.7. The number of aryl methyl sites for hydroxylation is 1. The van der Waals surface area contributed by atoms with Crippen LogP contribution in [0.4, 0.5) is 0 Å². The van der Waals surface area contributed by atoms with Crippen molar-refractivity contribution in [2.45, 2.75) is 44.1 Å². The predicted octanol–water partition coefficient (Wildman–Crippen LogP) is 3.83. The second-order valence-corrected chi connectivity index (χ2v) is 7.87. The number of aromatic nitrogens is 3. The molecule has 7 nitrogen and oxygen atoms in total. The first kappa shape index (κ1) is 22.6. The molecule has 3 aromatic rings. The van der Waals surface area contributed by atoms with E-state index in [1.165, 1.54) is 5.56 Å². The number of nitrogens with zero attached hydrogens (tertiary/aromatic N) is 3. The molecule has 0 atom stereocenters. The molecule has 162 valence electrons. The molecule has 8 heteroatoms. The molecule has 0 fully saturated rings. The Balaban J connectivity index is 1.71. The molecule has 2 aromatic carbocycles. The minimum Gasteiger partial charge on any atom is -0.466 e. The van der Waals surface area contributed by atoms with Crippen LogP contribution in [0.2, 0.25) is 0 Å². The molecule has 0 aliphatic carbocycles. The number of thioether (sulfide) groups is 1. The maximum absolute atomic E-state index is 12.2. The second kappa shape index (κ2) is 11.3. The highest BCUT2D eigenvalue weighted by atomic mass is 32.2. The van der Waals surface area contributed by atoms with E-state index in [1.54, 1.807) is 18.7 Å². The summed E-state index contributed by atoms with van der Waals surface area (Å²) >= 11 is 1.59. The summed E-state index contributed by atoms with van der Waals surface area (Å²) in [6.07, 6.45) is 0.135. The van der Waals surface area contributed by atoms with Gasteiger partial charge in [-0.05, 0) is 31.5 Å². The molecule has 0 saturated heterocycles. The topological polar surface area (TPSA) is 86.1 Å². The fourth-order valence-corrected chi connectivity index (χ4v) is 3.83. The molecule has 1 heterocycles. The number of nitrogens with one attached hydrogen (secondary N) is 1. The number of carbonyl (C=O) groups is 2. The van der Waals surface area contributed by atoms with Crippen LogP contribution in [-0.2, 0) is 26.6 Å². The van der Waals surface area contributed by atoms with Crippen molar-refractivity contribution in [2.75, 3.05) is 6.61 Å². The van der Waals surface area contributed by atoms with Gasteiger partial charge in [-0.15, -0.1) is 10.2 Å². The standard InChI is InChI=1S/C23H26N4O3S/c1-3-30-22(29)14-13-21(28)24-15-20-25-26-23(31-16-18-7-5-4-6-8-18)27(20)19-11-9-17(2)10-12-19/h4-12H,3,13-16H2,1-2H3,(H,24,28). The van der Waals surface area contributed by atoms with Crippen LogP contribution in [-0.4, -0.2) is 33.2 Å². The maximum Gasteiger partial charge on any atom is 0.306 e. The lowest BCUT2D eigenvalue weighted by atomic mass is 10.2. The number of ether oxygens (including phenoxy) is 1. The van der Waals surface area contributed by atoms with Crippen LogP contribution in [0.3, 0.4) is 0 Å². The molecule has 0 radical (unpaired) electrons. The van der Waals surface area contributed by atoms with Crippen molar-refractivity contribution in [3.63, 3.8) is 0 Å². The number of hydrogen-bond donors (Lipinski definition) is 1. The van der Waals surface area contributed by atoms with Crippen molar-refractivity contribution in [1.82, 2.24) is 20.1 Å². The lowest BCUT2D eigenvalue weighted by molar-refractivity contribution is -0.144. The van der Waals surface area contributed by atoms with Crippen molar-refractivity contribution in [1.29, 1.82) is 0 Å². The minimum absolute atomic E-state index is 0.0580. The highest BCUT2D eigenvalue weighted by Gasteiger charge is 2.16. The fraction of sp³-hybridized carbons (Fsp3) is 0.304. The van der Waals surface area contributed by atoms with Gasteiger partial charge in [0.05, 0.1) is 19.6 Å². The van der Waals surface area contributed by atoms with Gasteiger partial charge in [0.25, 0.3) is 0 Å². The van der Waals surface area contributed by atoms with E-state index in [9.17, 15) is 9.59 Å². The molecule has 3 rings (SSSR count). The quantitative estimate of drug-likeness (QED) is 0.382. The number of amides is 1. The maximum atomic E-state index is 12.2. The van der Waals surface area contributed by atoms with E-state index in [4.69, 9.17) is 4.74 Å². The van der Waals surface area contributed by atoms with E-state index in [1.807, 2.05) is 54.0 Å². The Morgan fingerprint density at radius 1 is 1.03 bits per heavy atom. The Labute approximate surface area is 186 Å². The Hall–Kier alpha value is -3.13. The first-order valence-electron chi connectivity index (χ1n) is 10.2. The van der Waals surface area contributed by atoms with Crippen LogP contribution in [0.1, 0.15) is 36.7 Å². The van der Waals surface area contributed by atoms with E-state index in [2.05, 4.69) is 27.6 Å². The first-order chi connectivity index (χ1) is 15.1. The Morgan fingerprint density at radius 2 is 1.77 bits per heavy atom. The lowest BCUT2D eigenvalue weighted by Crippen LogP contribution is -2.25. The normalized spacial score (nSPS) is 10.6. The third-order valence-electron chi connectivity index (χ3n) is 4.51. The summed E-state index contributed by atoms with van der Waals surface area (Å²) in [6.45, 7) is 4.30. The summed E-state index contributed by atoms with van der Waals surface area (Å²) in [4.78, 5) is 23.6. The Morgan fingerprint density at radius 3 is 2.48 bits per heavy atom. The van der Waals surface area contributed by atoms with Crippen molar-refractivity contribution >= 4 is 23.6 Å². The molecule has 0 spiro atoms. The smallest absolute Gasteiger partial charge is 0.306 e. The SMILES string of the molecule is CCOC(=O)CCC(=O)NCc1nnc(SCc2ccccc2)n1-c1ccc(C)cc1. The average Bonchev–Trinajstić information content (AvgIpc) is 3.19. The lowest BCUT2D eigenvalue weighted by Gasteiger charge is -2.11. The molecule has 1 N–H and O–H groups in total. The molecular formula is C23H26N4O3S. The molecule has 1 amide bonds. The zero-order chi connectivity index (χ0) is 22.1. The minimum atomic E-state index is -0.375. The number of benzene rings is 2. The van der Waals surface area contributed by atoms with Crippen LogP contribution >= 0.6 is 11.8 Å². The molecule has 0 bridgehead atoms. The molecular weight excluding hydrogens is 412 g/mol. The van der Waals surface area contributed by atoms with Crippen LogP contribution in [0, 0.1) is 6.92 Å². The van der Waals surface area contributed by atoms with Gasteiger partial charge in [0.2, 0.25) is 5.91 Å². The first-order valence-corrected chi connectivity index (χ1v) is 11.2. The number of carbonyl (C=O) groups excluding carboxylic acids is 2. The van der Waals surface area contributed by atoms with E-state index in [0.29, 0.717) is 12.4 Å². The van der Waals surface area contributed by atoms with Gasteiger partial charge in [-0.3, -0.25) is 14.2 Å². The van der Waals surface area contributed by atoms with E-state index in [0.717, 1.165) is 22.2 Å². The van der Waals surface area contributed by atoms with Gasteiger partial charge < -0.3 is 10.1 Å². The summed E-state index contributed by atoms with van der Waals surface area (Å²) in [5, 5.41) is 12.2. The van der Waals surface area contributed by atoms with E-state index < -0.39 is 0 Å². The van der Waals surface area contributed by atoms with Crippen LogP contribution in [0.25, 0.3) is 5.69 Å². The Kier molecular flexibility index (Phi) is 8.23. The molecule has 31 heavy (non-hydrogen) atoms. The molecule has 0 aliphatic rings. The average molecular weight is 439 g/mol. The van der Waals surface area contributed by atoms with Crippen LogP contribution in [0.5, 0.6) is 0 Å². The van der Waals surface area contributed by atoms with Gasteiger partial charge >= 0.3 is 5.97 Å². The monoisotopic (exact) mass is 438 g/mol. The molecule has 1 aromatic heterocycles. The third kappa shape index (κ3) is 6.68. The number of hydrogen-bond acceptors (Lipinski definition) is 6. The summed E-state index contributed by atoms with van der Waals surface area (Å²) < 4.78 is 6.82. The van der Waals surface area contributed by atoms with Crippen LogP contribution < -0.4 is 5.32 Å². The second-order valence-electron chi connectivity index (χ2n) is 6.93. The van der Waals surface area contributed by atoms with Gasteiger partial charge in [-0.1, -0.05) is 59.8 Å². The highest BCUT2D eigenvalue weighted by Crippen LogP contribution is 2.25. The van der Waals surface area contributed by atoms with Gasteiger partial charge in [-0.25, -0.2) is 0 Å². The Bertz CT molecular complexity index is 1000. The number of rotatable bonds is 10. The van der Waals surface area contributed by atoms with Crippen molar-refractivity contribution in [3.05, 3.63) is 71.5 Å². The summed E-state index contributed by atoms with van der Waals surface area (Å²) in [5.41, 5.74) is 3.28. The number of esters is 1. The summed E-state index contributed by atoms with van der Waals surface area (Å²) in [7, 11) is 0. The van der Waals surface area contributed by atoms with Gasteiger partial charge in [-0.2, -0.15) is 0 Å². The predicted molar refractivity (Wildman–Crippen MR) is 120 cm³/mol. The van der Waals surface area contributed by atoms with E-state index >= 15 is 0 Å². The largest absolute Gasteiger partial charge is 0.466 e. The molecule has 0 unspecified atom stereocenters. The fourth-order valence-electron chi connectivity index (χ4n) is 2.90. The highest BCUT2D eigenvalue weighted by molar-refractivity contribution is 7.98. The van der Waals surface area contributed by atoms with Crippen molar-refractivity contribution in [2.24, 2.45) is 0 Å². The van der Waals surface area contributed by atoms with Crippen molar-refractivity contribution < 1.29 is 14.3 Å². The third-order valence-corrected chi connectivity index (χ3v) is 5.51. The van der Waals surface area contributed by atoms with Crippen LogP contribution in [0.15, 0.2) is 59.8 Å².